The van der Waals surface area contributed by atoms with E-state index in [1.54, 1.807) is 24.6 Å². The highest BCUT2D eigenvalue weighted by Crippen LogP contribution is 2.19. The van der Waals surface area contributed by atoms with E-state index in [2.05, 4.69) is 58.5 Å². The van der Waals surface area contributed by atoms with Gasteiger partial charge >= 0.3 is 0 Å². The van der Waals surface area contributed by atoms with Crippen molar-refractivity contribution >= 4 is 41.3 Å². The molecule has 6 nitrogen and oxygen atoms in total. The van der Waals surface area contributed by atoms with E-state index in [1.807, 2.05) is 12.1 Å². The van der Waals surface area contributed by atoms with Crippen LogP contribution in [-0.2, 0) is 12.8 Å². The summed E-state index contributed by atoms with van der Waals surface area (Å²) in [5, 5.41) is 7.81. The van der Waals surface area contributed by atoms with Crippen molar-refractivity contribution in [3.63, 3.8) is 0 Å². The Morgan fingerprint density at radius 2 is 1.72 bits per heavy atom. The van der Waals surface area contributed by atoms with Crippen molar-refractivity contribution in [2.75, 3.05) is 20.1 Å². The summed E-state index contributed by atoms with van der Waals surface area (Å²) in [5.74, 6) is 1.44. The molecule has 0 saturated heterocycles. The van der Waals surface area contributed by atoms with Gasteiger partial charge in [-0.1, -0.05) is 17.7 Å². The SMILES string of the molecule is CN=C(NCCc1coc(-c2ccc(C)cc2)n1)NCCc1nc(C)c(C)s1.I. The quantitative estimate of drug-likeness (QED) is 0.274. The Morgan fingerprint density at radius 3 is 2.34 bits per heavy atom. The number of nitrogens with zero attached hydrogens (tertiary/aromatic N) is 3. The lowest BCUT2D eigenvalue weighted by atomic mass is 10.1. The average molecular weight is 525 g/mol. The number of aryl methyl sites for hydroxylation is 3. The van der Waals surface area contributed by atoms with E-state index in [0.717, 1.165) is 53.8 Å². The lowest BCUT2D eigenvalue weighted by Crippen LogP contribution is -2.39. The van der Waals surface area contributed by atoms with E-state index < -0.39 is 0 Å². The van der Waals surface area contributed by atoms with Crippen molar-refractivity contribution in [3.8, 4) is 11.5 Å². The number of hydrogen-bond donors (Lipinski definition) is 2. The highest BCUT2D eigenvalue weighted by atomic mass is 127. The van der Waals surface area contributed by atoms with Gasteiger partial charge in [0.15, 0.2) is 5.96 Å². The Morgan fingerprint density at radius 1 is 1.03 bits per heavy atom. The van der Waals surface area contributed by atoms with Gasteiger partial charge in [0, 0.05) is 43.4 Å². The van der Waals surface area contributed by atoms with Gasteiger partial charge < -0.3 is 15.1 Å². The molecule has 8 heteroatoms. The number of aliphatic imine (C=N–C) groups is 1. The molecule has 0 amide bonds. The number of halogens is 1. The molecule has 0 fully saturated rings. The molecule has 0 aliphatic heterocycles. The van der Waals surface area contributed by atoms with E-state index in [9.17, 15) is 0 Å². The Hall–Kier alpha value is -1.94. The highest BCUT2D eigenvalue weighted by Gasteiger charge is 2.07. The molecule has 0 unspecified atom stereocenters. The van der Waals surface area contributed by atoms with Crippen molar-refractivity contribution in [3.05, 3.63) is 57.4 Å². The maximum absolute atomic E-state index is 5.61. The van der Waals surface area contributed by atoms with E-state index in [0.29, 0.717) is 5.89 Å². The molecule has 3 rings (SSSR count). The van der Waals surface area contributed by atoms with Gasteiger partial charge in [-0.15, -0.1) is 35.3 Å². The summed E-state index contributed by atoms with van der Waals surface area (Å²) >= 11 is 1.76. The summed E-state index contributed by atoms with van der Waals surface area (Å²) < 4.78 is 5.61. The first-order chi connectivity index (χ1) is 13.5. The van der Waals surface area contributed by atoms with Gasteiger partial charge in [0.2, 0.25) is 5.89 Å². The summed E-state index contributed by atoms with van der Waals surface area (Å²) in [6, 6.07) is 8.18. The minimum Gasteiger partial charge on any atom is -0.444 e. The number of hydrogen-bond acceptors (Lipinski definition) is 5. The Labute approximate surface area is 193 Å². The third-order valence-corrected chi connectivity index (χ3v) is 5.58. The lowest BCUT2D eigenvalue weighted by molar-refractivity contribution is 0.572. The first-order valence-corrected chi connectivity index (χ1v) is 10.3. The standard InChI is InChI=1S/C21H27N5OS.HI/c1-14-5-7-17(8-6-14)20-26-18(13-27-20)9-11-23-21(22-4)24-12-10-19-25-15(2)16(3)28-19;/h5-8,13H,9-12H2,1-4H3,(H2,22,23,24);1H. The number of rotatable bonds is 7. The second-order valence-corrected chi connectivity index (χ2v) is 7.97. The van der Waals surface area contributed by atoms with Crippen LogP contribution in [0.5, 0.6) is 0 Å². The first kappa shape index (κ1) is 23.3. The van der Waals surface area contributed by atoms with Crippen LogP contribution >= 0.6 is 35.3 Å². The fourth-order valence-corrected chi connectivity index (χ4v) is 3.65. The smallest absolute Gasteiger partial charge is 0.226 e. The average Bonchev–Trinajstić information content (AvgIpc) is 3.28. The molecule has 3 aromatic rings. The Bertz CT molecular complexity index is 913. The molecule has 0 aliphatic rings. The van der Waals surface area contributed by atoms with Crippen LogP contribution in [0, 0.1) is 20.8 Å². The number of nitrogens with one attached hydrogen (secondary N) is 2. The van der Waals surface area contributed by atoms with E-state index in [1.165, 1.54) is 10.4 Å². The van der Waals surface area contributed by atoms with Gasteiger partial charge in [0.1, 0.15) is 6.26 Å². The molecule has 0 aliphatic carbocycles. The molecule has 0 radical (unpaired) electrons. The molecule has 0 atom stereocenters. The second kappa shape index (κ2) is 11.3. The summed E-state index contributed by atoms with van der Waals surface area (Å²) in [6.07, 6.45) is 3.38. The van der Waals surface area contributed by atoms with Gasteiger partial charge in [-0.3, -0.25) is 4.99 Å². The van der Waals surface area contributed by atoms with Gasteiger partial charge in [-0.05, 0) is 32.9 Å². The summed E-state index contributed by atoms with van der Waals surface area (Å²) in [5.41, 5.74) is 4.26. The monoisotopic (exact) mass is 525 g/mol. The predicted octanol–water partition coefficient (Wildman–Crippen LogP) is 4.29. The second-order valence-electron chi connectivity index (χ2n) is 6.68. The van der Waals surface area contributed by atoms with Crippen LogP contribution in [0.4, 0.5) is 0 Å². The zero-order valence-corrected chi connectivity index (χ0v) is 20.4. The van der Waals surface area contributed by atoms with Crippen LogP contribution < -0.4 is 10.6 Å². The number of aromatic nitrogens is 2. The molecule has 1 aromatic carbocycles. The highest BCUT2D eigenvalue weighted by molar-refractivity contribution is 14.0. The number of benzene rings is 1. The molecule has 0 spiro atoms. The fraction of sp³-hybridized carbons (Fsp3) is 0.381. The van der Waals surface area contributed by atoms with Crippen LogP contribution in [0.1, 0.15) is 26.8 Å². The Balaban J connectivity index is 0.00000300. The molecule has 0 saturated carbocycles. The third kappa shape index (κ3) is 6.81. The summed E-state index contributed by atoms with van der Waals surface area (Å²) in [4.78, 5) is 14.7. The van der Waals surface area contributed by atoms with E-state index in [4.69, 9.17) is 4.42 Å². The van der Waals surface area contributed by atoms with E-state index in [-0.39, 0.29) is 24.0 Å². The van der Waals surface area contributed by atoms with E-state index >= 15 is 0 Å². The zero-order chi connectivity index (χ0) is 19.9. The van der Waals surface area contributed by atoms with Gasteiger partial charge in [0.25, 0.3) is 0 Å². The number of guanidine groups is 1. The van der Waals surface area contributed by atoms with Crippen LogP contribution in [0.25, 0.3) is 11.5 Å². The normalized spacial score (nSPS) is 11.2. The third-order valence-electron chi connectivity index (χ3n) is 4.45. The molecule has 29 heavy (non-hydrogen) atoms. The van der Waals surface area contributed by atoms with Crippen LogP contribution in [0.3, 0.4) is 0 Å². The van der Waals surface area contributed by atoms with Gasteiger partial charge in [0.05, 0.1) is 16.4 Å². The maximum Gasteiger partial charge on any atom is 0.226 e. The van der Waals surface area contributed by atoms with Crippen molar-refractivity contribution in [1.82, 2.24) is 20.6 Å². The Kier molecular flexibility index (Phi) is 9.09. The molecule has 2 aromatic heterocycles. The van der Waals surface area contributed by atoms with Crippen molar-refractivity contribution in [1.29, 1.82) is 0 Å². The zero-order valence-electron chi connectivity index (χ0n) is 17.3. The van der Waals surface area contributed by atoms with Crippen molar-refractivity contribution in [2.24, 2.45) is 4.99 Å². The van der Waals surface area contributed by atoms with Crippen molar-refractivity contribution < 1.29 is 4.42 Å². The molecular formula is C21H28IN5OS. The summed E-state index contributed by atoms with van der Waals surface area (Å²) in [6.45, 7) is 7.76. The molecule has 0 bridgehead atoms. The largest absolute Gasteiger partial charge is 0.444 e. The number of oxazole rings is 1. The minimum atomic E-state index is 0. The number of thiazole rings is 1. The van der Waals surface area contributed by atoms with Gasteiger partial charge in [-0.2, -0.15) is 0 Å². The summed E-state index contributed by atoms with van der Waals surface area (Å²) in [7, 11) is 1.78. The van der Waals surface area contributed by atoms with Crippen LogP contribution in [0.15, 0.2) is 39.9 Å². The topological polar surface area (TPSA) is 75.3 Å². The lowest BCUT2D eigenvalue weighted by Gasteiger charge is -2.10. The van der Waals surface area contributed by atoms with Gasteiger partial charge in [-0.25, -0.2) is 9.97 Å². The van der Waals surface area contributed by atoms with Crippen molar-refractivity contribution in [2.45, 2.75) is 33.6 Å². The first-order valence-electron chi connectivity index (χ1n) is 9.44. The van der Waals surface area contributed by atoms with Crippen LogP contribution in [0.2, 0.25) is 0 Å². The molecular weight excluding hydrogens is 497 g/mol. The molecule has 2 N–H and O–H groups in total. The predicted molar refractivity (Wildman–Crippen MR) is 130 cm³/mol. The maximum atomic E-state index is 5.61. The fourth-order valence-electron chi connectivity index (χ4n) is 2.71. The molecule has 2 heterocycles. The molecule has 156 valence electrons. The minimum absolute atomic E-state index is 0. The van der Waals surface area contributed by atoms with Crippen LogP contribution in [-0.4, -0.2) is 36.1 Å².